The number of aromatic nitrogens is 3. The van der Waals surface area contributed by atoms with Gasteiger partial charge in [0, 0.05) is 5.56 Å². The topological polar surface area (TPSA) is 86.0 Å². The van der Waals surface area contributed by atoms with E-state index in [1.807, 2.05) is 78.9 Å². The number of hydrogen-bond donors (Lipinski definition) is 0. The zero-order valence-corrected chi connectivity index (χ0v) is 19.6. The molecule has 0 radical (unpaired) electrons. The molecule has 4 heterocycles. The van der Waals surface area contributed by atoms with Crippen molar-refractivity contribution < 1.29 is 14.3 Å². The van der Waals surface area contributed by atoms with Crippen molar-refractivity contribution in [1.82, 2.24) is 14.6 Å². The summed E-state index contributed by atoms with van der Waals surface area (Å²) in [6, 6.07) is 24.7. The average molecular weight is 495 g/mol. The number of amides is 1. The summed E-state index contributed by atoms with van der Waals surface area (Å²) < 4.78 is 13.3. The lowest BCUT2D eigenvalue weighted by Crippen LogP contribution is -2.32. The summed E-state index contributed by atoms with van der Waals surface area (Å²) in [5.41, 5.74) is 2.54. The summed E-state index contributed by atoms with van der Waals surface area (Å²) in [7, 11) is 0. The minimum absolute atomic E-state index is 0.206. The number of thiazole rings is 1. The fraction of sp³-hybridized carbons (Fsp3) is 0.111. The third-order valence-electron chi connectivity index (χ3n) is 6.30. The lowest BCUT2D eigenvalue weighted by Gasteiger charge is -2.24. The summed E-state index contributed by atoms with van der Waals surface area (Å²) >= 11 is 1.16. The molecule has 0 saturated carbocycles. The zero-order valence-electron chi connectivity index (χ0n) is 18.8. The first-order valence-corrected chi connectivity index (χ1v) is 12.3. The summed E-state index contributed by atoms with van der Waals surface area (Å²) in [6.07, 6.45) is -0.530. The summed E-state index contributed by atoms with van der Waals surface area (Å²) in [4.78, 5) is 33.7. The number of para-hydroxylation sites is 3. The maximum Gasteiger partial charge on any atom is 0.291 e. The number of rotatable bonds is 3. The largest absolute Gasteiger partial charge is 0.485 e. The summed E-state index contributed by atoms with van der Waals surface area (Å²) in [6.45, 7) is 0.660. The fourth-order valence-corrected chi connectivity index (χ4v) is 5.61. The van der Waals surface area contributed by atoms with Crippen molar-refractivity contribution in [2.45, 2.75) is 12.6 Å². The Hall–Kier alpha value is -4.50. The first-order valence-electron chi connectivity index (χ1n) is 11.4. The molecule has 5 aromatic rings. The Labute approximate surface area is 208 Å². The molecule has 36 heavy (non-hydrogen) atoms. The second kappa shape index (κ2) is 8.03. The molecule has 1 atom stereocenters. The van der Waals surface area contributed by atoms with E-state index in [9.17, 15) is 9.59 Å². The van der Waals surface area contributed by atoms with Crippen LogP contribution in [0.3, 0.4) is 0 Å². The molecule has 0 N–H and O–H groups in total. The van der Waals surface area contributed by atoms with Crippen LogP contribution in [-0.4, -0.2) is 27.1 Å². The van der Waals surface area contributed by atoms with Crippen molar-refractivity contribution in [2.75, 3.05) is 11.5 Å². The molecular formula is C27H18N4O4S. The van der Waals surface area contributed by atoms with Gasteiger partial charge in [0.25, 0.3) is 11.5 Å². The number of nitrogens with zero attached hydrogens (tertiary/aromatic N) is 4. The second-order valence-electron chi connectivity index (χ2n) is 8.53. The first kappa shape index (κ1) is 20.8. The van der Waals surface area contributed by atoms with Gasteiger partial charge in [0.15, 0.2) is 23.4 Å². The van der Waals surface area contributed by atoms with Crippen LogP contribution < -0.4 is 24.5 Å². The van der Waals surface area contributed by atoms with E-state index in [1.54, 1.807) is 4.90 Å². The normalized spacial score (nSPS) is 18.1. The maximum absolute atomic E-state index is 13.6. The summed E-state index contributed by atoms with van der Waals surface area (Å²) in [5, 5.41) is 4.43. The molecule has 3 aromatic carbocycles. The number of carbonyl (C=O) groups excluding carboxylic acids is 1. The van der Waals surface area contributed by atoms with E-state index in [4.69, 9.17) is 9.47 Å². The van der Waals surface area contributed by atoms with Gasteiger partial charge in [-0.2, -0.15) is 9.50 Å². The monoisotopic (exact) mass is 494 g/mol. The number of hydrogen-bond acceptors (Lipinski definition) is 7. The molecule has 176 valence electrons. The van der Waals surface area contributed by atoms with E-state index in [0.29, 0.717) is 38.9 Å². The number of anilines is 1. The Kier molecular flexibility index (Phi) is 4.65. The molecule has 7 rings (SSSR count). The number of ether oxygens (including phenoxy) is 2. The van der Waals surface area contributed by atoms with Crippen molar-refractivity contribution >= 4 is 33.5 Å². The van der Waals surface area contributed by atoms with Gasteiger partial charge in [-0.15, -0.1) is 5.10 Å². The van der Waals surface area contributed by atoms with Gasteiger partial charge in [0.2, 0.25) is 4.96 Å². The second-order valence-corrected chi connectivity index (χ2v) is 9.51. The molecule has 2 aromatic heterocycles. The van der Waals surface area contributed by atoms with Gasteiger partial charge < -0.3 is 14.4 Å². The maximum atomic E-state index is 13.6. The van der Waals surface area contributed by atoms with Gasteiger partial charge in [0.1, 0.15) is 11.1 Å². The fourth-order valence-electron chi connectivity index (χ4n) is 4.61. The number of benzene rings is 3. The van der Waals surface area contributed by atoms with Crippen molar-refractivity contribution in [3.8, 4) is 11.5 Å². The van der Waals surface area contributed by atoms with Crippen LogP contribution in [-0.2, 0) is 11.3 Å². The van der Waals surface area contributed by atoms with Crippen LogP contribution in [0, 0.1) is 0 Å². The standard InChI is InChI=1S/C27H18N4O4S/c32-25-22(17-10-4-5-11-18(17)30(25)14-16-8-2-1-3-9-16)23-26(33)31-27(36-23)28-24(29-31)21-15-34-19-12-6-7-13-20(19)35-21/h1-13,21H,14-15H2. The molecule has 0 fully saturated rings. The lowest BCUT2D eigenvalue weighted by molar-refractivity contribution is -0.113. The Morgan fingerprint density at radius 1 is 0.917 bits per heavy atom. The van der Waals surface area contributed by atoms with Crippen LogP contribution >= 0.6 is 11.3 Å². The van der Waals surface area contributed by atoms with Crippen LogP contribution in [0.15, 0.2) is 83.7 Å². The molecule has 0 spiro atoms. The molecule has 2 aliphatic heterocycles. The SMILES string of the molecule is O=C1C(=c2sc3nc(C4COc5ccccc5O4)nn3c2=O)c2ccccc2N1Cc1ccccc1. The average Bonchev–Trinajstić information content (AvgIpc) is 3.55. The Morgan fingerprint density at radius 2 is 1.67 bits per heavy atom. The Bertz CT molecular complexity index is 1760. The number of fused-ring (bicyclic) bond motifs is 3. The van der Waals surface area contributed by atoms with Crippen molar-refractivity contribution in [2.24, 2.45) is 0 Å². The minimum Gasteiger partial charge on any atom is -0.485 e. The van der Waals surface area contributed by atoms with Crippen molar-refractivity contribution in [1.29, 1.82) is 0 Å². The van der Waals surface area contributed by atoms with Crippen molar-refractivity contribution in [3.05, 3.63) is 111 Å². The zero-order chi connectivity index (χ0) is 24.2. The molecule has 9 heteroatoms. The summed E-state index contributed by atoms with van der Waals surface area (Å²) in [5.74, 6) is 1.43. The molecule has 0 bridgehead atoms. The van der Waals surface area contributed by atoms with Gasteiger partial charge in [-0.25, -0.2) is 0 Å². The van der Waals surface area contributed by atoms with Gasteiger partial charge in [-0.3, -0.25) is 9.59 Å². The van der Waals surface area contributed by atoms with Gasteiger partial charge in [-0.1, -0.05) is 72.0 Å². The van der Waals surface area contributed by atoms with E-state index >= 15 is 0 Å². The van der Waals surface area contributed by atoms with E-state index in [1.165, 1.54) is 4.52 Å². The lowest BCUT2D eigenvalue weighted by atomic mass is 10.1. The first-order chi connectivity index (χ1) is 17.7. The Morgan fingerprint density at radius 3 is 2.50 bits per heavy atom. The van der Waals surface area contributed by atoms with Gasteiger partial charge in [0.05, 0.1) is 17.8 Å². The Balaban J connectivity index is 1.30. The smallest absolute Gasteiger partial charge is 0.291 e. The molecule has 1 unspecified atom stereocenters. The van der Waals surface area contributed by atoms with E-state index < -0.39 is 6.10 Å². The highest BCUT2D eigenvalue weighted by Crippen LogP contribution is 2.37. The number of carbonyl (C=O) groups is 1. The third kappa shape index (κ3) is 3.20. The predicted molar refractivity (Wildman–Crippen MR) is 134 cm³/mol. The molecule has 8 nitrogen and oxygen atoms in total. The van der Waals surface area contributed by atoms with E-state index in [2.05, 4.69) is 10.1 Å². The third-order valence-corrected chi connectivity index (χ3v) is 7.33. The van der Waals surface area contributed by atoms with Gasteiger partial charge >= 0.3 is 0 Å². The predicted octanol–water partition coefficient (Wildman–Crippen LogP) is 3.13. The van der Waals surface area contributed by atoms with E-state index in [-0.39, 0.29) is 18.1 Å². The molecule has 1 amide bonds. The van der Waals surface area contributed by atoms with Crippen LogP contribution in [0.25, 0.3) is 10.5 Å². The quantitative estimate of drug-likeness (QED) is 0.383. The van der Waals surface area contributed by atoms with E-state index in [0.717, 1.165) is 28.2 Å². The van der Waals surface area contributed by atoms with Crippen LogP contribution in [0.1, 0.15) is 23.1 Å². The highest BCUT2D eigenvalue weighted by molar-refractivity contribution is 7.15. The van der Waals surface area contributed by atoms with Crippen molar-refractivity contribution in [3.63, 3.8) is 0 Å². The molecular weight excluding hydrogens is 476 g/mol. The highest BCUT2D eigenvalue weighted by atomic mass is 32.1. The highest BCUT2D eigenvalue weighted by Gasteiger charge is 2.35. The van der Waals surface area contributed by atoms with Crippen LogP contribution in [0.4, 0.5) is 5.69 Å². The van der Waals surface area contributed by atoms with Crippen LogP contribution in [0.5, 0.6) is 11.5 Å². The molecule has 0 aliphatic carbocycles. The minimum atomic E-state index is -0.530. The molecule has 2 aliphatic rings. The van der Waals surface area contributed by atoms with Gasteiger partial charge in [-0.05, 0) is 23.8 Å². The van der Waals surface area contributed by atoms with Crippen LogP contribution in [0.2, 0.25) is 0 Å². The molecule has 0 saturated heterocycles.